The van der Waals surface area contributed by atoms with Gasteiger partial charge in [-0.15, -0.1) is 0 Å². The van der Waals surface area contributed by atoms with E-state index in [4.69, 9.17) is 10.6 Å². The molecular formula is C13H20N2O. The van der Waals surface area contributed by atoms with Crippen molar-refractivity contribution in [2.45, 2.75) is 32.7 Å². The fourth-order valence-corrected chi connectivity index (χ4v) is 2.28. The number of benzene rings is 1. The van der Waals surface area contributed by atoms with E-state index in [1.165, 1.54) is 11.1 Å². The highest BCUT2D eigenvalue weighted by Gasteiger charge is 2.24. The largest absolute Gasteiger partial charge is 0.493 e. The molecule has 1 aliphatic heterocycles. The number of fused-ring (bicyclic) bond motifs is 1. The van der Waals surface area contributed by atoms with Crippen LogP contribution in [0.1, 0.15) is 37.4 Å². The van der Waals surface area contributed by atoms with Gasteiger partial charge in [0, 0.05) is 12.0 Å². The summed E-state index contributed by atoms with van der Waals surface area (Å²) in [6.07, 6.45) is 2.11. The lowest BCUT2D eigenvalue weighted by atomic mass is 9.91. The standard InChI is InChI=1S/C13H20N2O/c1-3-9(2)12(15-14)11-6-4-5-10-7-8-16-13(10)11/h4-6,9,12,15H,3,7-8,14H2,1-2H3. The molecule has 3 nitrogen and oxygen atoms in total. The van der Waals surface area contributed by atoms with E-state index in [0.29, 0.717) is 5.92 Å². The van der Waals surface area contributed by atoms with Gasteiger partial charge in [-0.2, -0.15) is 0 Å². The fourth-order valence-electron chi connectivity index (χ4n) is 2.28. The van der Waals surface area contributed by atoms with Crippen LogP contribution in [0.15, 0.2) is 18.2 Å². The maximum absolute atomic E-state index is 5.71. The summed E-state index contributed by atoms with van der Waals surface area (Å²) in [4.78, 5) is 0. The number of para-hydroxylation sites is 1. The van der Waals surface area contributed by atoms with Crippen molar-refractivity contribution >= 4 is 0 Å². The molecule has 3 N–H and O–H groups in total. The molecule has 2 rings (SSSR count). The summed E-state index contributed by atoms with van der Waals surface area (Å²) >= 11 is 0. The molecule has 1 aromatic rings. The molecule has 0 radical (unpaired) electrons. The number of nitrogens with two attached hydrogens (primary N) is 1. The van der Waals surface area contributed by atoms with Crippen LogP contribution >= 0.6 is 0 Å². The van der Waals surface area contributed by atoms with Crippen LogP contribution in [-0.4, -0.2) is 6.61 Å². The number of rotatable bonds is 4. The molecule has 88 valence electrons. The predicted molar refractivity (Wildman–Crippen MR) is 65.2 cm³/mol. The third-order valence-electron chi connectivity index (χ3n) is 3.47. The van der Waals surface area contributed by atoms with Gasteiger partial charge in [-0.25, -0.2) is 0 Å². The smallest absolute Gasteiger partial charge is 0.127 e. The number of hydrazine groups is 1. The number of ether oxygens (including phenoxy) is 1. The van der Waals surface area contributed by atoms with Crippen molar-refractivity contribution in [3.05, 3.63) is 29.3 Å². The maximum atomic E-state index is 5.71. The molecule has 0 saturated heterocycles. The van der Waals surface area contributed by atoms with Crippen LogP contribution in [0.2, 0.25) is 0 Å². The molecule has 2 unspecified atom stereocenters. The molecule has 0 fully saturated rings. The van der Waals surface area contributed by atoms with Crippen molar-refractivity contribution in [3.63, 3.8) is 0 Å². The van der Waals surface area contributed by atoms with Crippen molar-refractivity contribution in [1.82, 2.24) is 5.43 Å². The first-order valence-electron chi connectivity index (χ1n) is 5.98. The Morgan fingerprint density at radius 2 is 2.31 bits per heavy atom. The Balaban J connectivity index is 2.35. The van der Waals surface area contributed by atoms with Crippen molar-refractivity contribution in [2.75, 3.05) is 6.61 Å². The summed E-state index contributed by atoms with van der Waals surface area (Å²) in [5.41, 5.74) is 5.43. The minimum atomic E-state index is 0.179. The van der Waals surface area contributed by atoms with Gasteiger partial charge in [-0.3, -0.25) is 11.3 Å². The van der Waals surface area contributed by atoms with Gasteiger partial charge in [0.15, 0.2) is 0 Å². The summed E-state index contributed by atoms with van der Waals surface area (Å²) in [7, 11) is 0. The first-order chi connectivity index (χ1) is 7.77. The van der Waals surface area contributed by atoms with Gasteiger partial charge in [-0.1, -0.05) is 38.5 Å². The normalized spacial score (nSPS) is 17.7. The second-order valence-corrected chi connectivity index (χ2v) is 4.46. The monoisotopic (exact) mass is 220 g/mol. The van der Waals surface area contributed by atoms with Crippen LogP contribution in [0.4, 0.5) is 0 Å². The topological polar surface area (TPSA) is 47.3 Å². The van der Waals surface area contributed by atoms with E-state index >= 15 is 0 Å². The van der Waals surface area contributed by atoms with E-state index in [-0.39, 0.29) is 6.04 Å². The van der Waals surface area contributed by atoms with Crippen molar-refractivity contribution in [2.24, 2.45) is 11.8 Å². The molecule has 3 heteroatoms. The molecule has 1 heterocycles. The van der Waals surface area contributed by atoms with Crippen LogP contribution in [0.3, 0.4) is 0 Å². The molecule has 0 aromatic heterocycles. The Morgan fingerprint density at radius 1 is 1.50 bits per heavy atom. The van der Waals surface area contributed by atoms with Gasteiger partial charge >= 0.3 is 0 Å². The minimum absolute atomic E-state index is 0.179. The lowest BCUT2D eigenvalue weighted by molar-refractivity contribution is 0.331. The average molecular weight is 220 g/mol. The molecule has 16 heavy (non-hydrogen) atoms. The molecule has 1 aliphatic rings. The van der Waals surface area contributed by atoms with Crippen molar-refractivity contribution in [3.8, 4) is 5.75 Å². The highest BCUT2D eigenvalue weighted by Crippen LogP contribution is 2.36. The number of hydrogen-bond acceptors (Lipinski definition) is 3. The van der Waals surface area contributed by atoms with Crippen LogP contribution in [-0.2, 0) is 6.42 Å². The maximum Gasteiger partial charge on any atom is 0.127 e. The van der Waals surface area contributed by atoms with E-state index < -0.39 is 0 Å². The molecule has 0 aliphatic carbocycles. The summed E-state index contributed by atoms with van der Waals surface area (Å²) in [6.45, 7) is 5.18. The second-order valence-electron chi connectivity index (χ2n) is 4.46. The van der Waals surface area contributed by atoms with Gasteiger partial charge < -0.3 is 4.74 Å². The van der Waals surface area contributed by atoms with E-state index in [2.05, 4.69) is 37.5 Å². The zero-order valence-corrected chi connectivity index (χ0v) is 9.99. The summed E-state index contributed by atoms with van der Waals surface area (Å²) in [6, 6.07) is 6.52. The first kappa shape index (κ1) is 11.4. The first-order valence-corrected chi connectivity index (χ1v) is 5.98. The quantitative estimate of drug-likeness (QED) is 0.604. The summed E-state index contributed by atoms with van der Waals surface area (Å²) in [5.74, 6) is 7.22. The van der Waals surface area contributed by atoms with Crippen LogP contribution in [0, 0.1) is 5.92 Å². The van der Waals surface area contributed by atoms with Gasteiger partial charge in [0.2, 0.25) is 0 Å². The Bertz CT molecular complexity index is 365. The van der Waals surface area contributed by atoms with Crippen molar-refractivity contribution in [1.29, 1.82) is 0 Å². The fraction of sp³-hybridized carbons (Fsp3) is 0.538. The number of hydrogen-bond donors (Lipinski definition) is 2. The van der Waals surface area contributed by atoms with E-state index in [1.54, 1.807) is 0 Å². The van der Waals surface area contributed by atoms with Crippen LogP contribution in [0.5, 0.6) is 5.75 Å². The lowest BCUT2D eigenvalue weighted by Gasteiger charge is -2.24. The molecular weight excluding hydrogens is 200 g/mol. The summed E-state index contributed by atoms with van der Waals surface area (Å²) < 4.78 is 5.71. The van der Waals surface area contributed by atoms with E-state index in [1.807, 2.05) is 0 Å². The zero-order chi connectivity index (χ0) is 11.5. The Kier molecular flexibility index (Phi) is 3.46. The Morgan fingerprint density at radius 3 is 3.00 bits per heavy atom. The van der Waals surface area contributed by atoms with Crippen LogP contribution in [0.25, 0.3) is 0 Å². The van der Waals surface area contributed by atoms with Gasteiger partial charge in [0.05, 0.1) is 12.6 Å². The predicted octanol–water partition coefficient (Wildman–Crippen LogP) is 2.17. The SMILES string of the molecule is CCC(C)C(NN)c1cccc2c1OCC2. The summed E-state index contributed by atoms with van der Waals surface area (Å²) in [5, 5.41) is 0. The van der Waals surface area contributed by atoms with Gasteiger partial charge in [0.25, 0.3) is 0 Å². The van der Waals surface area contributed by atoms with E-state index in [9.17, 15) is 0 Å². The highest BCUT2D eigenvalue weighted by molar-refractivity contribution is 5.45. The average Bonchev–Trinajstić information content (AvgIpc) is 2.78. The molecule has 0 amide bonds. The molecule has 0 spiro atoms. The second kappa shape index (κ2) is 4.85. The van der Waals surface area contributed by atoms with Crippen molar-refractivity contribution < 1.29 is 4.74 Å². The highest BCUT2D eigenvalue weighted by atomic mass is 16.5. The van der Waals surface area contributed by atoms with E-state index in [0.717, 1.165) is 25.2 Å². The third-order valence-corrected chi connectivity index (χ3v) is 3.47. The van der Waals surface area contributed by atoms with Crippen LogP contribution < -0.4 is 16.0 Å². The molecule has 0 bridgehead atoms. The van der Waals surface area contributed by atoms with Gasteiger partial charge in [0.1, 0.15) is 5.75 Å². The molecule has 0 saturated carbocycles. The number of nitrogens with one attached hydrogen (secondary N) is 1. The lowest BCUT2D eigenvalue weighted by Crippen LogP contribution is -2.32. The minimum Gasteiger partial charge on any atom is -0.493 e. The molecule has 2 atom stereocenters. The third kappa shape index (κ3) is 1.93. The Labute approximate surface area is 97.0 Å². The Hall–Kier alpha value is -1.06. The zero-order valence-electron chi connectivity index (χ0n) is 9.99. The van der Waals surface area contributed by atoms with Gasteiger partial charge in [-0.05, 0) is 11.5 Å². The molecule has 1 aromatic carbocycles.